The van der Waals surface area contributed by atoms with Gasteiger partial charge in [-0.05, 0) is 38.2 Å². The summed E-state index contributed by atoms with van der Waals surface area (Å²) in [5, 5.41) is 0. The Bertz CT molecular complexity index is 423. The van der Waals surface area contributed by atoms with Crippen molar-refractivity contribution < 1.29 is 27.4 Å². The summed E-state index contributed by atoms with van der Waals surface area (Å²) in [6.07, 6.45) is -2.92. The first-order valence-corrected chi connectivity index (χ1v) is 6.39. The Morgan fingerprint density at radius 1 is 1.47 bits per heavy atom. The Morgan fingerprint density at radius 2 is 2.05 bits per heavy atom. The number of hydrogen-bond acceptors (Lipinski definition) is 3. The summed E-state index contributed by atoms with van der Waals surface area (Å²) >= 11 is 0. The van der Waals surface area contributed by atoms with E-state index in [0.717, 1.165) is 19.8 Å². The Kier molecular flexibility index (Phi) is 3.31. The van der Waals surface area contributed by atoms with E-state index in [4.69, 9.17) is 9.47 Å². The molecule has 1 saturated carbocycles. The number of alkyl halides is 3. The van der Waals surface area contributed by atoms with Gasteiger partial charge in [-0.25, -0.2) is 4.79 Å². The van der Waals surface area contributed by atoms with Crippen molar-refractivity contribution in [1.82, 2.24) is 0 Å². The van der Waals surface area contributed by atoms with Crippen molar-refractivity contribution in [1.29, 1.82) is 0 Å². The van der Waals surface area contributed by atoms with Crippen LogP contribution in [0.5, 0.6) is 0 Å². The maximum Gasteiger partial charge on any atom is 0.428 e. The topological polar surface area (TPSA) is 35.5 Å². The molecule has 0 aromatic carbocycles. The van der Waals surface area contributed by atoms with Gasteiger partial charge < -0.3 is 9.47 Å². The molecule has 1 aliphatic carbocycles. The molecule has 0 amide bonds. The molecule has 0 aromatic rings. The van der Waals surface area contributed by atoms with E-state index in [1.807, 2.05) is 0 Å². The van der Waals surface area contributed by atoms with Crippen LogP contribution in [-0.2, 0) is 14.3 Å². The monoisotopic (exact) mass is 278 g/mol. The molecule has 0 spiro atoms. The van der Waals surface area contributed by atoms with Gasteiger partial charge in [0.1, 0.15) is 0 Å². The Balaban J connectivity index is 2.36. The summed E-state index contributed by atoms with van der Waals surface area (Å²) in [4.78, 5) is 11.8. The lowest BCUT2D eigenvalue weighted by Gasteiger charge is -2.32. The van der Waals surface area contributed by atoms with Crippen LogP contribution in [-0.4, -0.2) is 24.4 Å². The molecule has 1 heterocycles. The lowest BCUT2D eigenvalue weighted by molar-refractivity contribution is -0.263. The maximum atomic E-state index is 13.2. The molecule has 0 saturated heterocycles. The molecule has 1 fully saturated rings. The second kappa shape index (κ2) is 4.42. The molecule has 2 rings (SSSR count). The van der Waals surface area contributed by atoms with Crippen LogP contribution in [0.15, 0.2) is 11.3 Å². The van der Waals surface area contributed by atoms with Crippen molar-refractivity contribution in [2.45, 2.75) is 45.4 Å². The first-order valence-electron chi connectivity index (χ1n) is 6.39. The summed E-state index contributed by atoms with van der Waals surface area (Å²) in [6, 6.07) is 0. The third-order valence-corrected chi connectivity index (χ3v) is 3.91. The van der Waals surface area contributed by atoms with Crippen LogP contribution in [0.1, 0.15) is 33.6 Å². The third kappa shape index (κ3) is 2.21. The molecule has 19 heavy (non-hydrogen) atoms. The first-order chi connectivity index (χ1) is 8.72. The van der Waals surface area contributed by atoms with E-state index in [1.165, 1.54) is 6.92 Å². The number of hydrogen-bond donors (Lipinski definition) is 0. The van der Waals surface area contributed by atoms with E-state index in [0.29, 0.717) is 5.57 Å². The fourth-order valence-corrected chi connectivity index (χ4v) is 2.45. The van der Waals surface area contributed by atoms with Crippen molar-refractivity contribution in [2.24, 2.45) is 11.8 Å². The molecule has 108 valence electrons. The molecule has 0 N–H and O–H groups in total. The van der Waals surface area contributed by atoms with Gasteiger partial charge in [-0.2, -0.15) is 13.2 Å². The molecule has 3 nitrogen and oxygen atoms in total. The fraction of sp³-hybridized carbons (Fsp3) is 0.769. The maximum absolute atomic E-state index is 13.2. The number of esters is 1. The first kappa shape index (κ1) is 14.2. The number of ether oxygens (including phenoxy) is 2. The van der Waals surface area contributed by atoms with Gasteiger partial charge >= 0.3 is 12.1 Å². The average Bonchev–Trinajstić information content (AvgIpc) is 3.07. The minimum absolute atomic E-state index is 0.0265. The van der Waals surface area contributed by atoms with Gasteiger partial charge in [-0.15, -0.1) is 0 Å². The summed E-state index contributed by atoms with van der Waals surface area (Å²) in [6.45, 7) is 4.18. The Morgan fingerprint density at radius 3 is 2.47 bits per heavy atom. The Hall–Kier alpha value is -1.20. The standard InChI is InChI=1S/C13H17F3O3/c1-4-18-11(17)10-9(8-5-6-8)7(2)12(3,19-10)13(14,15)16/h7-8H,4-6H2,1-3H3. The number of carbonyl (C=O) groups is 1. The fourth-order valence-electron chi connectivity index (χ4n) is 2.45. The zero-order valence-electron chi connectivity index (χ0n) is 11.1. The van der Waals surface area contributed by atoms with Crippen LogP contribution in [0.2, 0.25) is 0 Å². The van der Waals surface area contributed by atoms with Crippen LogP contribution in [0, 0.1) is 11.8 Å². The molecular weight excluding hydrogens is 261 g/mol. The highest BCUT2D eigenvalue weighted by atomic mass is 19.4. The molecule has 0 aromatic heterocycles. The summed E-state index contributed by atoms with van der Waals surface area (Å²) in [7, 11) is 0. The molecule has 0 radical (unpaired) electrons. The van der Waals surface area contributed by atoms with Crippen molar-refractivity contribution in [3.63, 3.8) is 0 Å². The van der Waals surface area contributed by atoms with Crippen molar-refractivity contribution in [3.8, 4) is 0 Å². The van der Waals surface area contributed by atoms with E-state index >= 15 is 0 Å². The normalized spacial score (nSPS) is 31.4. The molecule has 6 heteroatoms. The minimum atomic E-state index is -4.53. The minimum Gasteiger partial charge on any atom is -0.470 e. The summed E-state index contributed by atoms with van der Waals surface area (Å²) in [5.74, 6) is -1.85. The van der Waals surface area contributed by atoms with Crippen LogP contribution < -0.4 is 0 Å². The van der Waals surface area contributed by atoms with Gasteiger partial charge in [0, 0.05) is 5.92 Å². The second-order valence-electron chi connectivity index (χ2n) is 5.21. The van der Waals surface area contributed by atoms with Gasteiger partial charge in [0.25, 0.3) is 0 Å². The summed E-state index contributed by atoms with van der Waals surface area (Å²) in [5.41, 5.74) is -1.87. The molecule has 2 unspecified atom stereocenters. The van der Waals surface area contributed by atoms with Crippen molar-refractivity contribution in [3.05, 3.63) is 11.3 Å². The van der Waals surface area contributed by atoms with Crippen LogP contribution in [0.4, 0.5) is 13.2 Å². The van der Waals surface area contributed by atoms with E-state index < -0.39 is 23.7 Å². The van der Waals surface area contributed by atoms with Crippen LogP contribution >= 0.6 is 0 Å². The smallest absolute Gasteiger partial charge is 0.428 e. The predicted octanol–water partition coefficient (Wildman–Crippen LogP) is 3.20. The predicted molar refractivity (Wildman–Crippen MR) is 61.1 cm³/mol. The van der Waals surface area contributed by atoms with Gasteiger partial charge in [-0.3, -0.25) is 0 Å². The molecule has 2 atom stereocenters. The number of halogens is 3. The van der Waals surface area contributed by atoms with Crippen LogP contribution in [0.25, 0.3) is 0 Å². The van der Waals surface area contributed by atoms with E-state index in [9.17, 15) is 18.0 Å². The zero-order chi connectivity index (χ0) is 14.4. The molecule has 2 aliphatic rings. The van der Waals surface area contributed by atoms with Gasteiger partial charge in [0.15, 0.2) is 0 Å². The highest BCUT2D eigenvalue weighted by Gasteiger charge is 2.64. The van der Waals surface area contributed by atoms with Gasteiger partial charge in [0.05, 0.1) is 6.61 Å². The lowest BCUT2D eigenvalue weighted by atomic mass is 9.83. The molecule has 1 aliphatic heterocycles. The molecular formula is C13H17F3O3. The molecule has 0 bridgehead atoms. The second-order valence-corrected chi connectivity index (χ2v) is 5.21. The van der Waals surface area contributed by atoms with E-state index in [1.54, 1.807) is 6.92 Å². The number of rotatable bonds is 3. The van der Waals surface area contributed by atoms with E-state index in [-0.39, 0.29) is 18.3 Å². The quantitative estimate of drug-likeness (QED) is 0.744. The largest absolute Gasteiger partial charge is 0.470 e. The van der Waals surface area contributed by atoms with E-state index in [2.05, 4.69) is 0 Å². The summed E-state index contributed by atoms with van der Waals surface area (Å²) < 4.78 is 49.3. The third-order valence-electron chi connectivity index (χ3n) is 3.91. The van der Waals surface area contributed by atoms with Crippen molar-refractivity contribution >= 4 is 5.97 Å². The highest BCUT2D eigenvalue weighted by molar-refractivity contribution is 5.88. The number of carbonyl (C=O) groups excluding carboxylic acids is 1. The van der Waals surface area contributed by atoms with Gasteiger partial charge in [-0.1, -0.05) is 6.92 Å². The Labute approximate surface area is 109 Å². The average molecular weight is 278 g/mol. The SMILES string of the molecule is CCOC(=O)C1=C(C2CC2)C(C)C(C)(C(F)(F)F)O1. The van der Waals surface area contributed by atoms with Crippen LogP contribution in [0.3, 0.4) is 0 Å². The van der Waals surface area contributed by atoms with Crippen molar-refractivity contribution in [2.75, 3.05) is 6.61 Å². The van der Waals surface area contributed by atoms with Gasteiger partial charge in [0.2, 0.25) is 11.4 Å². The lowest BCUT2D eigenvalue weighted by Crippen LogP contribution is -2.47. The zero-order valence-corrected chi connectivity index (χ0v) is 11.1. The highest BCUT2D eigenvalue weighted by Crippen LogP contribution is 2.55.